The summed E-state index contributed by atoms with van der Waals surface area (Å²) in [5.41, 5.74) is 1.20. The maximum atomic E-state index is 13.3. The van der Waals surface area contributed by atoms with Crippen LogP contribution in [0.4, 0.5) is 4.39 Å². The molecule has 0 heterocycles. The van der Waals surface area contributed by atoms with Gasteiger partial charge in [0.15, 0.2) is 11.5 Å². The summed E-state index contributed by atoms with van der Waals surface area (Å²) < 4.78 is 25.1. The van der Waals surface area contributed by atoms with E-state index in [0.717, 1.165) is 18.4 Å². The number of amides is 1. The van der Waals surface area contributed by atoms with Gasteiger partial charge >= 0.3 is 0 Å². The highest BCUT2D eigenvalue weighted by atomic mass is 127. The molecule has 1 amide bonds. The van der Waals surface area contributed by atoms with E-state index in [1.54, 1.807) is 13.2 Å². The zero-order valence-electron chi connectivity index (χ0n) is 14.3. The Morgan fingerprint density at radius 1 is 1.20 bits per heavy atom. The molecule has 2 aromatic carbocycles. The van der Waals surface area contributed by atoms with Gasteiger partial charge in [0.2, 0.25) is 0 Å². The number of carbonyl (C=O) groups excluding carboxylic acids is 1. The predicted octanol–water partition coefficient (Wildman–Crippen LogP) is 4.55. The summed E-state index contributed by atoms with van der Waals surface area (Å²) in [6.45, 7) is 3.06. The Bertz CT molecular complexity index is 737. The molecule has 0 saturated heterocycles. The molecule has 2 aromatic rings. The summed E-state index contributed by atoms with van der Waals surface area (Å²) in [4.78, 5) is 12.2. The van der Waals surface area contributed by atoms with Crippen molar-refractivity contribution in [3.8, 4) is 11.5 Å². The molecule has 25 heavy (non-hydrogen) atoms. The van der Waals surface area contributed by atoms with E-state index in [2.05, 4.69) is 12.2 Å². The molecule has 134 valence electrons. The first-order valence-electron chi connectivity index (χ1n) is 8.08. The molecule has 1 N–H and O–H groups in total. The third-order valence-corrected chi connectivity index (χ3v) is 4.55. The fraction of sp³-hybridized carbons (Fsp3) is 0.316. The van der Waals surface area contributed by atoms with Gasteiger partial charge in [0.05, 0.1) is 19.3 Å². The summed E-state index contributed by atoms with van der Waals surface area (Å²) in [7, 11) is 1.58. The maximum Gasteiger partial charge on any atom is 0.252 e. The Morgan fingerprint density at radius 2 is 2.00 bits per heavy atom. The van der Waals surface area contributed by atoms with Gasteiger partial charge in [-0.3, -0.25) is 4.79 Å². The summed E-state index contributed by atoms with van der Waals surface area (Å²) >= 11 is 2.01. The second kappa shape index (κ2) is 9.60. The van der Waals surface area contributed by atoms with Gasteiger partial charge < -0.3 is 14.8 Å². The Balaban J connectivity index is 2.02. The normalized spacial score (nSPS) is 10.4. The number of benzene rings is 2. The van der Waals surface area contributed by atoms with E-state index in [1.165, 1.54) is 12.1 Å². The van der Waals surface area contributed by atoms with E-state index in [4.69, 9.17) is 9.47 Å². The lowest BCUT2D eigenvalue weighted by Gasteiger charge is -2.13. The maximum absolute atomic E-state index is 13.3. The average molecular weight is 457 g/mol. The van der Waals surface area contributed by atoms with Crippen LogP contribution < -0.4 is 14.8 Å². The van der Waals surface area contributed by atoms with Gasteiger partial charge in [-0.15, -0.1) is 0 Å². The minimum Gasteiger partial charge on any atom is -0.493 e. The smallest absolute Gasteiger partial charge is 0.252 e. The van der Waals surface area contributed by atoms with E-state index >= 15 is 0 Å². The largest absolute Gasteiger partial charge is 0.493 e. The highest BCUT2D eigenvalue weighted by molar-refractivity contribution is 14.1. The van der Waals surface area contributed by atoms with Crippen molar-refractivity contribution in [3.05, 3.63) is 56.9 Å². The lowest BCUT2D eigenvalue weighted by molar-refractivity contribution is 0.0949. The first kappa shape index (κ1) is 19.5. The summed E-state index contributed by atoms with van der Waals surface area (Å²) in [6, 6.07) is 9.69. The van der Waals surface area contributed by atoms with Crippen LogP contribution >= 0.6 is 22.6 Å². The molecule has 4 nitrogen and oxygen atoms in total. The lowest BCUT2D eigenvalue weighted by atomic mass is 10.1. The fourth-order valence-electron chi connectivity index (χ4n) is 2.22. The number of methoxy groups -OCH3 is 1. The molecule has 0 aliphatic carbocycles. The highest BCUT2D eigenvalue weighted by Gasteiger charge is 2.12. The van der Waals surface area contributed by atoms with Crippen LogP contribution in [-0.4, -0.2) is 19.6 Å². The number of ether oxygens (including phenoxy) is 2. The molecule has 0 spiro atoms. The number of nitrogens with one attached hydrogen (secondary N) is 1. The monoisotopic (exact) mass is 457 g/mol. The molecule has 2 rings (SSSR count). The van der Waals surface area contributed by atoms with Gasteiger partial charge in [0.25, 0.3) is 5.91 Å². The number of rotatable bonds is 8. The summed E-state index contributed by atoms with van der Waals surface area (Å²) in [5.74, 6) is 0.570. The molecule has 0 aromatic heterocycles. The van der Waals surface area contributed by atoms with Crippen LogP contribution in [0.5, 0.6) is 11.5 Å². The Morgan fingerprint density at radius 3 is 2.72 bits per heavy atom. The molecular formula is C19H21FINO3. The molecule has 0 saturated carbocycles. The van der Waals surface area contributed by atoms with Gasteiger partial charge in [-0.25, -0.2) is 4.39 Å². The van der Waals surface area contributed by atoms with Crippen LogP contribution in [0.2, 0.25) is 0 Å². The topological polar surface area (TPSA) is 47.6 Å². The number of hydrogen-bond donors (Lipinski definition) is 1. The number of carbonyl (C=O) groups is 1. The second-order valence-electron chi connectivity index (χ2n) is 5.49. The third kappa shape index (κ3) is 5.59. The van der Waals surface area contributed by atoms with Gasteiger partial charge in [-0.1, -0.05) is 19.4 Å². The minimum absolute atomic E-state index is 0.314. The highest BCUT2D eigenvalue weighted by Crippen LogP contribution is 2.28. The minimum atomic E-state index is -0.430. The predicted molar refractivity (Wildman–Crippen MR) is 104 cm³/mol. The number of unbranched alkanes of at least 4 members (excludes halogenated alkanes) is 1. The summed E-state index contributed by atoms with van der Waals surface area (Å²) in [5, 5.41) is 2.80. The molecule has 6 heteroatoms. The van der Waals surface area contributed by atoms with Crippen molar-refractivity contribution in [1.29, 1.82) is 0 Å². The quantitative estimate of drug-likeness (QED) is 0.468. The molecule has 0 bridgehead atoms. The zero-order valence-corrected chi connectivity index (χ0v) is 16.4. The number of halogens is 2. The van der Waals surface area contributed by atoms with Crippen molar-refractivity contribution in [2.45, 2.75) is 26.3 Å². The van der Waals surface area contributed by atoms with Gasteiger partial charge in [-0.05, 0) is 64.9 Å². The third-order valence-electron chi connectivity index (χ3n) is 3.61. The van der Waals surface area contributed by atoms with E-state index in [9.17, 15) is 9.18 Å². The van der Waals surface area contributed by atoms with Crippen molar-refractivity contribution in [3.63, 3.8) is 0 Å². The van der Waals surface area contributed by atoms with Crippen molar-refractivity contribution in [2.75, 3.05) is 13.7 Å². The van der Waals surface area contributed by atoms with E-state index < -0.39 is 5.82 Å². The van der Waals surface area contributed by atoms with Crippen molar-refractivity contribution in [2.24, 2.45) is 0 Å². The summed E-state index contributed by atoms with van der Waals surface area (Å²) in [6.07, 6.45) is 2.04. The SMILES string of the molecule is CCCCOc1ccc(CNC(=O)c2cc(F)ccc2I)cc1OC. The first-order valence-corrected chi connectivity index (χ1v) is 9.16. The Labute approximate surface area is 160 Å². The molecule has 0 radical (unpaired) electrons. The van der Waals surface area contributed by atoms with Gasteiger partial charge in [0, 0.05) is 10.1 Å². The van der Waals surface area contributed by atoms with Crippen LogP contribution in [0, 0.1) is 9.39 Å². The molecule has 0 aliphatic rings. The van der Waals surface area contributed by atoms with Gasteiger partial charge in [0.1, 0.15) is 5.82 Å². The molecular weight excluding hydrogens is 436 g/mol. The van der Waals surface area contributed by atoms with Crippen molar-refractivity contribution >= 4 is 28.5 Å². The first-order chi connectivity index (χ1) is 12.0. The zero-order chi connectivity index (χ0) is 18.2. The molecule has 0 fully saturated rings. The van der Waals surface area contributed by atoms with Crippen LogP contribution in [-0.2, 0) is 6.54 Å². The molecule has 0 unspecified atom stereocenters. The van der Waals surface area contributed by atoms with E-state index in [1.807, 2.05) is 40.8 Å². The van der Waals surface area contributed by atoms with E-state index in [0.29, 0.717) is 33.8 Å². The number of hydrogen-bond acceptors (Lipinski definition) is 3. The van der Waals surface area contributed by atoms with Crippen LogP contribution in [0.3, 0.4) is 0 Å². The Hall–Kier alpha value is -1.83. The Kier molecular flexibility index (Phi) is 7.49. The fourth-order valence-corrected chi connectivity index (χ4v) is 2.80. The van der Waals surface area contributed by atoms with Crippen molar-refractivity contribution < 1.29 is 18.7 Å². The van der Waals surface area contributed by atoms with E-state index in [-0.39, 0.29) is 5.91 Å². The van der Waals surface area contributed by atoms with Crippen LogP contribution in [0.1, 0.15) is 35.7 Å². The van der Waals surface area contributed by atoms with Crippen molar-refractivity contribution in [1.82, 2.24) is 5.32 Å². The van der Waals surface area contributed by atoms with Crippen LogP contribution in [0.15, 0.2) is 36.4 Å². The van der Waals surface area contributed by atoms with Gasteiger partial charge in [-0.2, -0.15) is 0 Å². The molecule has 0 atom stereocenters. The standard InChI is InChI=1S/C19H21FINO3/c1-3-4-9-25-17-8-5-13(10-18(17)24-2)12-22-19(23)15-11-14(20)6-7-16(15)21/h5-8,10-11H,3-4,9,12H2,1-2H3,(H,22,23). The van der Waals surface area contributed by atoms with Crippen LogP contribution in [0.25, 0.3) is 0 Å². The second-order valence-corrected chi connectivity index (χ2v) is 6.66. The molecule has 0 aliphatic heterocycles. The average Bonchev–Trinajstić information content (AvgIpc) is 2.62. The lowest BCUT2D eigenvalue weighted by Crippen LogP contribution is -2.23.